The summed E-state index contributed by atoms with van der Waals surface area (Å²) in [5, 5.41) is 12.3. The highest BCUT2D eigenvalue weighted by atomic mass is 16.5. The summed E-state index contributed by atoms with van der Waals surface area (Å²) < 4.78 is 5.23. The Bertz CT molecular complexity index is 656. The van der Waals surface area contributed by atoms with E-state index < -0.39 is 5.97 Å². The Morgan fingerprint density at radius 3 is 2.62 bits per heavy atom. The molecule has 1 heterocycles. The van der Waals surface area contributed by atoms with Gasteiger partial charge in [0.15, 0.2) is 5.69 Å². The lowest BCUT2D eigenvalue weighted by Gasteiger charge is -2.13. The van der Waals surface area contributed by atoms with Gasteiger partial charge in [0, 0.05) is 5.92 Å². The van der Waals surface area contributed by atoms with Gasteiger partial charge in [-0.05, 0) is 12.1 Å². The number of para-hydroxylation sites is 2. The number of carboxylic acid groups (broad SMARTS) is 1. The van der Waals surface area contributed by atoms with Crippen LogP contribution in [0.3, 0.4) is 0 Å². The van der Waals surface area contributed by atoms with Crippen LogP contribution in [0.4, 0.5) is 11.4 Å². The molecule has 0 radical (unpaired) electrons. The van der Waals surface area contributed by atoms with E-state index in [9.17, 15) is 9.90 Å². The number of benzene rings is 1. The zero-order valence-electron chi connectivity index (χ0n) is 12.1. The molecule has 6 nitrogen and oxygen atoms in total. The van der Waals surface area contributed by atoms with Gasteiger partial charge in [-0.15, -0.1) is 0 Å². The largest absolute Gasteiger partial charge is 0.495 e. The quantitative estimate of drug-likeness (QED) is 0.879. The third-order valence-electron chi connectivity index (χ3n) is 2.90. The van der Waals surface area contributed by atoms with Gasteiger partial charge in [0.05, 0.1) is 24.7 Å². The van der Waals surface area contributed by atoms with E-state index in [0.29, 0.717) is 22.9 Å². The molecule has 0 atom stereocenters. The number of methoxy groups -OCH3 is 1. The van der Waals surface area contributed by atoms with Crippen LogP contribution in [0.25, 0.3) is 0 Å². The molecule has 1 aromatic heterocycles. The number of hydrogen-bond acceptors (Lipinski definition) is 5. The number of anilines is 2. The molecule has 1 aromatic carbocycles. The molecule has 0 aliphatic carbocycles. The van der Waals surface area contributed by atoms with Crippen molar-refractivity contribution in [2.45, 2.75) is 19.8 Å². The first-order valence-corrected chi connectivity index (χ1v) is 6.53. The Morgan fingerprint density at radius 2 is 2.00 bits per heavy atom. The fraction of sp³-hybridized carbons (Fsp3) is 0.267. The molecule has 0 aliphatic rings. The van der Waals surface area contributed by atoms with Crippen LogP contribution in [-0.2, 0) is 0 Å². The number of hydrogen-bond donors (Lipinski definition) is 2. The Hall–Kier alpha value is -2.63. The van der Waals surface area contributed by atoms with Crippen molar-refractivity contribution in [1.82, 2.24) is 9.97 Å². The van der Waals surface area contributed by atoms with Crippen molar-refractivity contribution in [1.29, 1.82) is 0 Å². The summed E-state index contributed by atoms with van der Waals surface area (Å²) in [4.78, 5) is 19.7. The Morgan fingerprint density at radius 1 is 1.29 bits per heavy atom. The Balaban J connectivity index is 2.42. The third-order valence-corrected chi connectivity index (χ3v) is 2.90. The van der Waals surface area contributed by atoms with Gasteiger partial charge in [-0.3, -0.25) is 0 Å². The number of aromatic carboxylic acids is 1. The number of carboxylic acids is 1. The highest BCUT2D eigenvalue weighted by molar-refractivity contribution is 5.93. The molecule has 0 spiro atoms. The number of nitrogens with one attached hydrogen (secondary N) is 1. The maximum absolute atomic E-state index is 11.4. The molecule has 0 fully saturated rings. The van der Waals surface area contributed by atoms with E-state index in [0.717, 1.165) is 0 Å². The lowest BCUT2D eigenvalue weighted by Crippen LogP contribution is -2.10. The lowest BCUT2D eigenvalue weighted by molar-refractivity contribution is 0.0691. The molecule has 2 rings (SSSR count). The van der Waals surface area contributed by atoms with Crippen molar-refractivity contribution in [3.63, 3.8) is 0 Å². The molecule has 0 aliphatic heterocycles. The number of carbonyl (C=O) groups is 1. The first kappa shape index (κ1) is 14.8. The van der Waals surface area contributed by atoms with Crippen molar-refractivity contribution in [3.05, 3.63) is 42.0 Å². The monoisotopic (exact) mass is 287 g/mol. The van der Waals surface area contributed by atoms with E-state index in [4.69, 9.17) is 4.74 Å². The number of nitrogens with zero attached hydrogens (tertiary/aromatic N) is 2. The molecule has 2 N–H and O–H groups in total. The molecule has 21 heavy (non-hydrogen) atoms. The third kappa shape index (κ3) is 3.28. The van der Waals surface area contributed by atoms with Crippen molar-refractivity contribution >= 4 is 17.3 Å². The van der Waals surface area contributed by atoms with Crippen molar-refractivity contribution in [3.8, 4) is 5.75 Å². The Kier molecular flexibility index (Phi) is 4.37. The van der Waals surface area contributed by atoms with E-state index in [-0.39, 0.29) is 11.6 Å². The van der Waals surface area contributed by atoms with Gasteiger partial charge in [0.1, 0.15) is 11.6 Å². The van der Waals surface area contributed by atoms with E-state index >= 15 is 0 Å². The van der Waals surface area contributed by atoms with Crippen LogP contribution in [0, 0.1) is 0 Å². The average molecular weight is 287 g/mol. The zero-order valence-corrected chi connectivity index (χ0v) is 12.1. The van der Waals surface area contributed by atoms with Gasteiger partial charge >= 0.3 is 5.97 Å². The highest BCUT2D eigenvalue weighted by Crippen LogP contribution is 2.28. The number of ether oxygens (including phenoxy) is 1. The van der Waals surface area contributed by atoms with Gasteiger partial charge in [0.2, 0.25) is 0 Å². The van der Waals surface area contributed by atoms with Crippen LogP contribution in [-0.4, -0.2) is 28.2 Å². The van der Waals surface area contributed by atoms with Crippen LogP contribution in [0.1, 0.15) is 36.1 Å². The molecular weight excluding hydrogens is 270 g/mol. The molecule has 110 valence electrons. The second-order valence-electron chi connectivity index (χ2n) is 4.78. The average Bonchev–Trinajstić information content (AvgIpc) is 2.47. The van der Waals surface area contributed by atoms with E-state index in [1.165, 1.54) is 6.20 Å². The molecule has 2 aromatic rings. The second kappa shape index (κ2) is 6.21. The molecule has 0 saturated carbocycles. The minimum atomic E-state index is -1.10. The van der Waals surface area contributed by atoms with Crippen LogP contribution in [0.5, 0.6) is 5.75 Å². The smallest absolute Gasteiger partial charge is 0.356 e. The summed E-state index contributed by atoms with van der Waals surface area (Å²) >= 11 is 0. The molecule has 6 heteroatoms. The zero-order chi connectivity index (χ0) is 15.4. The van der Waals surface area contributed by atoms with Crippen LogP contribution in [0.15, 0.2) is 30.5 Å². The maximum Gasteiger partial charge on any atom is 0.356 e. The summed E-state index contributed by atoms with van der Waals surface area (Å²) in [6.07, 6.45) is 1.48. The fourth-order valence-corrected chi connectivity index (χ4v) is 1.82. The summed E-state index contributed by atoms with van der Waals surface area (Å²) in [6, 6.07) is 7.24. The fourth-order valence-electron chi connectivity index (χ4n) is 1.82. The predicted octanol–water partition coefficient (Wildman–Crippen LogP) is 3.05. The first-order valence-electron chi connectivity index (χ1n) is 6.53. The molecule has 0 unspecified atom stereocenters. The summed E-state index contributed by atoms with van der Waals surface area (Å²) in [6.45, 7) is 3.82. The molecule has 0 bridgehead atoms. The topological polar surface area (TPSA) is 84.3 Å². The highest BCUT2D eigenvalue weighted by Gasteiger charge is 2.16. The van der Waals surface area contributed by atoms with Crippen molar-refractivity contribution in [2.75, 3.05) is 12.4 Å². The Labute approximate surface area is 122 Å². The summed E-state index contributed by atoms with van der Waals surface area (Å²) in [5.41, 5.74) is 0.930. The predicted molar refractivity (Wildman–Crippen MR) is 79.4 cm³/mol. The SMILES string of the molecule is COc1ccccc1Nc1cnc(C(C)C)nc1C(=O)O. The van der Waals surface area contributed by atoms with E-state index in [1.54, 1.807) is 19.2 Å². The van der Waals surface area contributed by atoms with Gasteiger partial charge < -0.3 is 15.2 Å². The first-order chi connectivity index (χ1) is 10.0. The van der Waals surface area contributed by atoms with Crippen molar-refractivity contribution < 1.29 is 14.6 Å². The number of aromatic nitrogens is 2. The second-order valence-corrected chi connectivity index (χ2v) is 4.78. The maximum atomic E-state index is 11.4. The van der Waals surface area contributed by atoms with Crippen LogP contribution in [0.2, 0.25) is 0 Å². The molecule has 0 saturated heterocycles. The van der Waals surface area contributed by atoms with Gasteiger partial charge in [-0.2, -0.15) is 0 Å². The number of rotatable bonds is 5. The normalized spacial score (nSPS) is 10.5. The van der Waals surface area contributed by atoms with E-state index in [1.807, 2.05) is 26.0 Å². The molecular formula is C15H17N3O3. The van der Waals surface area contributed by atoms with Crippen LogP contribution >= 0.6 is 0 Å². The van der Waals surface area contributed by atoms with Crippen LogP contribution < -0.4 is 10.1 Å². The van der Waals surface area contributed by atoms with E-state index in [2.05, 4.69) is 15.3 Å². The minimum Gasteiger partial charge on any atom is -0.495 e. The molecule has 0 amide bonds. The minimum absolute atomic E-state index is 0.0559. The summed E-state index contributed by atoms with van der Waals surface area (Å²) in [5.74, 6) is 0.0693. The van der Waals surface area contributed by atoms with Gasteiger partial charge in [-0.25, -0.2) is 14.8 Å². The van der Waals surface area contributed by atoms with Gasteiger partial charge in [-0.1, -0.05) is 26.0 Å². The van der Waals surface area contributed by atoms with Gasteiger partial charge in [0.25, 0.3) is 0 Å². The summed E-state index contributed by atoms with van der Waals surface area (Å²) in [7, 11) is 1.55. The lowest BCUT2D eigenvalue weighted by atomic mass is 10.2. The van der Waals surface area contributed by atoms with Crippen molar-refractivity contribution in [2.24, 2.45) is 0 Å². The standard InChI is InChI=1S/C15H17N3O3/c1-9(2)14-16-8-11(13(18-14)15(19)20)17-10-6-4-5-7-12(10)21-3/h4-9,17H,1-3H3,(H,19,20).